The number of phenols is 1. The maximum absolute atomic E-state index is 11.2. The zero-order valence-electron chi connectivity index (χ0n) is 15.8. The van der Waals surface area contributed by atoms with Crippen molar-refractivity contribution in [1.82, 2.24) is 15.3 Å². The number of hydrazine groups is 1. The molecule has 2 N–H and O–H groups in total. The summed E-state index contributed by atoms with van der Waals surface area (Å²) in [5.74, 6) is 0.353. The maximum Gasteiger partial charge on any atom is 0.157 e. The van der Waals surface area contributed by atoms with Gasteiger partial charge in [0.15, 0.2) is 6.29 Å². The van der Waals surface area contributed by atoms with Crippen molar-refractivity contribution in [2.75, 3.05) is 26.7 Å². The number of carbonyl (C=O) groups is 1. The summed E-state index contributed by atoms with van der Waals surface area (Å²) in [6.07, 6.45) is 2.88. The molecule has 0 amide bonds. The van der Waals surface area contributed by atoms with Crippen LogP contribution in [0.1, 0.15) is 31.1 Å². The molecular formula is C20H27N3O3. The molecule has 0 saturated carbocycles. The first-order chi connectivity index (χ1) is 12.4. The third-order valence-electron chi connectivity index (χ3n) is 4.71. The molecule has 0 aliphatic carbocycles. The molecule has 0 bridgehead atoms. The lowest BCUT2D eigenvalue weighted by molar-refractivity contribution is 0.111. The van der Waals surface area contributed by atoms with Crippen LogP contribution in [-0.4, -0.2) is 60.1 Å². The van der Waals surface area contributed by atoms with Crippen molar-refractivity contribution in [3.63, 3.8) is 0 Å². The van der Waals surface area contributed by atoms with E-state index in [4.69, 9.17) is 4.74 Å². The van der Waals surface area contributed by atoms with Crippen molar-refractivity contribution in [1.29, 1.82) is 0 Å². The van der Waals surface area contributed by atoms with Gasteiger partial charge in [-0.2, -0.15) is 0 Å². The minimum Gasteiger partial charge on any atom is -0.507 e. The Morgan fingerprint density at radius 3 is 2.85 bits per heavy atom. The number of nitrogens with one attached hydrogen (secondary N) is 1. The molecule has 2 aliphatic heterocycles. The monoisotopic (exact) mass is 357 g/mol. The Bertz CT molecular complexity index is 755. The van der Waals surface area contributed by atoms with Crippen LogP contribution < -0.4 is 10.2 Å². The van der Waals surface area contributed by atoms with Gasteiger partial charge in [-0.25, -0.2) is 5.43 Å². The van der Waals surface area contributed by atoms with Crippen LogP contribution in [0.15, 0.2) is 41.1 Å². The number of hydrogen-bond donors (Lipinski definition) is 2. The van der Waals surface area contributed by atoms with E-state index in [1.807, 2.05) is 0 Å². The molecule has 1 aromatic carbocycles. The third kappa shape index (κ3) is 3.61. The second-order valence-electron chi connectivity index (χ2n) is 7.28. The molecule has 0 spiro atoms. The van der Waals surface area contributed by atoms with Gasteiger partial charge in [0.25, 0.3) is 0 Å². The topological polar surface area (TPSA) is 65.0 Å². The first kappa shape index (κ1) is 18.5. The Morgan fingerprint density at radius 2 is 2.15 bits per heavy atom. The zero-order chi connectivity index (χ0) is 18.8. The number of nitrogens with zero attached hydrogens (tertiary/aromatic N) is 2. The highest BCUT2D eigenvalue weighted by Gasteiger charge is 2.30. The number of benzene rings is 1. The second-order valence-corrected chi connectivity index (χ2v) is 7.28. The lowest BCUT2D eigenvalue weighted by atomic mass is 10.1. The molecule has 0 radical (unpaired) electrons. The third-order valence-corrected chi connectivity index (χ3v) is 4.71. The van der Waals surface area contributed by atoms with Crippen LogP contribution in [0.5, 0.6) is 11.5 Å². The summed E-state index contributed by atoms with van der Waals surface area (Å²) in [5.41, 5.74) is 7.35. The van der Waals surface area contributed by atoms with Gasteiger partial charge < -0.3 is 14.9 Å². The van der Waals surface area contributed by atoms with E-state index < -0.39 is 0 Å². The molecule has 0 fully saturated rings. The number of phenolic OH excluding ortho intramolecular Hbond substituents is 1. The lowest BCUT2D eigenvalue weighted by Crippen LogP contribution is -2.41. The first-order valence-electron chi connectivity index (χ1n) is 8.97. The molecule has 2 heterocycles. The highest BCUT2D eigenvalue weighted by Crippen LogP contribution is 2.31. The highest BCUT2D eigenvalue weighted by molar-refractivity contribution is 5.83. The van der Waals surface area contributed by atoms with Crippen molar-refractivity contribution in [2.45, 2.75) is 32.9 Å². The van der Waals surface area contributed by atoms with Crippen molar-refractivity contribution in [3.05, 3.63) is 46.7 Å². The van der Waals surface area contributed by atoms with E-state index in [2.05, 4.69) is 49.2 Å². The largest absolute Gasteiger partial charge is 0.507 e. The number of carbonyl (C=O) groups excluding carboxylic acids is 1. The van der Waals surface area contributed by atoms with Crippen molar-refractivity contribution < 1.29 is 14.6 Å². The fourth-order valence-electron chi connectivity index (χ4n) is 3.51. The molecule has 1 unspecified atom stereocenters. The van der Waals surface area contributed by atoms with Crippen LogP contribution in [0.4, 0.5) is 0 Å². The molecule has 26 heavy (non-hydrogen) atoms. The Hall–Kier alpha value is -2.31. The van der Waals surface area contributed by atoms with Crippen LogP contribution >= 0.6 is 0 Å². The van der Waals surface area contributed by atoms with E-state index in [-0.39, 0.29) is 11.3 Å². The average molecular weight is 357 g/mol. The first-order valence-corrected chi connectivity index (χ1v) is 8.97. The molecule has 1 atom stereocenters. The Labute approximate surface area is 154 Å². The van der Waals surface area contributed by atoms with Crippen LogP contribution in [0.3, 0.4) is 0 Å². The predicted octanol–water partition coefficient (Wildman–Crippen LogP) is 2.33. The van der Waals surface area contributed by atoms with Gasteiger partial charge >= 0.3 is 0 Å². The summed E-state index contributed by atoms with van der Waals surface area (Å²) in [7, 11) is 2.09. The SMILES string of the molecule is CC1C=C(C2=C(COc3cccc(O)c3C=O)CN(C)C2)N(C(C)C)N1. The van der Waals surface area contributed by atoms with Gasteiger partial charge in [-0.3, -0.25) is 9.69 Å². The number of rotatable bonds is 6. The number of aromatic hydroxyl groups is 1. The molecular weight excluding hydrogens is 330 g/mol. The summed E-state index contributed by atoms with van der Waals surface area (Å²) < 4.78 is 5.91. The van der Waals surface area contributed by atoms with Gasteiger partial charge in [-0.05, 0) is 57.2 Å². The van der Waals surface area contributed by atoms with Crippen LogP contribution in [0.25, 0.3) is 0 Å². The van der Waals surface area contributed by atoms with Crippen molar-refractivity contribution in [3.8, 4) is 11.5 Å². The summed E-state index contributed by atoms with van der Waals surface area (Å²) in [4.78, 5) is 13.5. The maximum atomic E-state index is 11.2. The number of aldehydes is 1. The Morgan fingerprint density at radius 1 is 1.38 bits per heavy atom. The van der Waals surface area contributed by atoms with Crippen LogP contribution in [0, 0.1) is 0 Å². The average Bonchev–Trinajstić information content (AvgIpc) is 3.15. The number of ether oxygens (including phenoxy) is 1. The summed E-state index contributed by atoms with van der Waals surface area (Å²) >= 11 is 0. The quantitative estimate of drug-likeness (QED) is 0.762. The molecule has 6 heteroatoms. The van der Waals surface area contributed by atoms with Crippen LogP contribution in [0.2, 0.25) is 0 Å². The van der Waals surface area contributed by atoms with E-state index in [1.165, 1.54) is 22.9 Å². The lowest BCUT2D eigenvalue weighted by Gasteiger charge is -2.28. The fourth-order valence-corrected chi connectivity index (χ4v) is 3.51. The van der Waals surface area contributed by atoms with Crippen molar-refractivity contribution >= 4 is 6.29 Å². The predicted molar refractivity (Wildman–Crippen MR) is 101 cm³/mol. The van der Waals surface area contributed by atoms with Gasteiger partial charge in [0.1, 0.15) is 18.1 Å². The standard InChI is InChI=1S/C20H27N3O3/c1-13(2)23-18(8-14(3)21-23)16-10-22(4)9-15(16)12-26-20-7-5-6-19(25)17(20)11-24/h5-8,11,13-14,21,25H,9-10,12H2,1-4H3. The smallest absolute Gasteiger partial charge is 0.157 e. The molecule has 6 nitrogen and oxygen atoms in total. The zero-order valence-corrected chi connectivity index (χ0v) is 15.8. The van der Waals surface area contributed by atoms with Gasteiger partial charge in [0.05, 0.1) is 11.3 Å². The van der Waals surface area contributed by atoms with E-state index in [0.717, 1.165) is 13.1 Å². The second kappa shape index (κ2) is 7.51. The van der Waals surface area contributed by atoms with Gasteiger partial charge in [0.2, 0.25) is 0 Å². The van der Waals surface area contributed by atoms with E-state index in [1.54, 1.807) is 12.1 Å². The molecule has 2 aliphatic rings. The summed E-state index contributed by atoms with van der Waals surface area (Å²) in [5, 5.41) is 12.0. The molecule has 0 saturated heterocycles. The Kier molecular flexibility index (Phi) is 5.34. The van der Waals surface area contributed by atoms with Crippen molar-refractivity contribution in [2.24, 2.45) is 0 Å². The highest BCUT2D eigenvalue weighted by atomic mass is 16.5. The molecule has 3 rings (SSSR count). The number of likely N-dealkylation sites (N-methyl/N-ethyl adjacent to an activating group) is 1. The van der Waals surface area contributed by atoms with Gasteiger partial charge in [-0.15, -0.1) is 0 Å². The summed E-state index contributed by atoms with van der Waals surface area (Å²) in [6.45, 7) is 8.54. The Balaban J connectivity index is 1.85. The summed E-state index contributed by atoms with van der Waals surface area (Å²) in [6, 6.07) is 5.52. The minimum atomic E-state index is -0.0576. The van der Waals surface area contributed by atoms with Crippen LogP contribution in [-0.2, 0) is 0 Å². The molecule has 140 valence electrons. The molecule has 0 aromatic heterocycles. The number of hydrogen-bond acceptors (Lipinski definition) is 6. The minimum absolute atomic E-state index is 0.0576. The van der Waals surface area contributed by atoms with E-state index in [9.17, 15) is 9.90 Å². The fraction of sp³-hybridized carbons (Fsp3) is 0.450. The normalized spacial score (nSPS) is 20.9. The van der Waals surface area contributed by atoms with Gasteiger partial charge in [0, 0.05) is 25.2 Å². The molecule has 1 aromatic rings. The van der Waals surface area contributed by atoms with E-state index >= 15 is 0 Å². The van der Waals surface area contributed by atoms with E-state index in [0.29, 0.717) is 30.7 Å². The van der Waals surface area contributed by atoms with Gasteiger partial charge in [-0.1, -0.05) is 6.07 Å².